The van der Waals surface area contributed by atoms with Crippen LogP contribution in [-0.2, 0) is 6.18 Å². The van der Waals surface area contributed by atoms with E-state index in [0.29, 0.717) is 11.3 Å². The minimum absolute atomic E-state index is 0.177. The van der Waals surface area contributed by atoms with Crippen molar-refractivity contribution in [3.05, 3.63) is 11.7 Å². The predicted molar refractivity (Wildman–Crippen MR) is 48.7 cm³/mol. The maximum Gasteiger partial charge on any atom is 0.471 e. The first kappa shape index (κ1) is 13.9. The Bertz CT molecular complexity index is 457. The molecular weight excluding hydrogens is 259 g/mol. The van der Waals surface area contributed by atoms with Crippen LogP contribution in [0.15, 0.2) is 4.52 Å². The monoisotopic (exact) mass is 267 g/mol. The maximum atomic E-state index is 12.1. The average molecular weight is 267 g/mol. The van der Waals surface area contributed by atoms with Crippen LogP contribution in [0.1, 0.15) is 29.9 Å². The zero-order valence-electron chi connectivity index (χ0n) is 9.06. The normalized spacial score (nSPS) is 11.3. The summed E-state index contributed by atoms with van der Waals surface area (Å²) in [6.45, 7) is 1.42. The van der Waals surface area contributed by atoms with E-state index in [-0.39, 0.29) is 6.54 Å². The summed E-state index contributed by atoms with van der Waals surface area (Å²) < 4.78 is 40.2. The van der Waals surface area contributed by atoms with Gasteiger partial charge in [-0.3, -0.25) is 4.79 Å². The summed E-state index contributed by atoms with van der Waals surface area (Å²) in [5.74, 6) is -3.91. The van der Waals surface area contributed by atoms with E-state index in [1.54, 1.807) is 6.92 Å². The summed E-state index contributed by atoms with van der Waals surface area (Å²) in [4.78, 5) is 25.3. The molecule has 1 aromatic heterocycles. The smallest absolute Gasteiger partial charge is 0.465 e. The third kappa shape index (κ3) is 2.96. The van der Waals surface area contributed by atoms with Gasteiger partial charge in [0.2, 0.25) is 0 Å². The molecule has 0 aliphatic rings. The lowest BCUT2D eigenvalue weighted by Crippen LogP contribution is -2.37. The second-order valence-corrected chi connectivity index (χ2v) is 3.16. The lowest BCUT2D eigenvalue weighted by molar-refractivity contribution is -0.159. The van der Waals surface area contributed by atoms with Crippen LogP contribution in [0.3, 0.4) is 0 Å². The van der Waals surface area contributed by atoms with E-state index >= 15 is 0 Å². The van der Waals surface area contributed by atoms with Gasteiger partial charge in [0, 0.05) is 6.54 Å². The van der Waals surface area contributed by atoms with Gasteiger partial charge in [-0.25, -0.2) is 9.69 Å². The maximum absolute atomic E-state index is 12.1. The first-order valence-corrected chi connectivity index (χ1v) is 4.73. The van der Waals surface area contributed by atoms with Crippen molar-refractivity contribution in [3.63, 3.8) is 0 Å². The van der Waals surface area contributed by atoms with Crippen molar-refractivity contribution in [3.8, 4) is 0 Å². The number of rotatable bonds is 3. The SMILES string of the molecule is CCCN(C(=O)O)C(=O)c1noc(C(F)(F)F)n1. The molecular formula is C8H8F3N3O4. The standard InChI is InChI=1S/C8H8F3N3O4/c1-2-3-14(7(16)17)5(15)4-12-6(18-13-4)8(9,10)11/h2-3H2,1H3,(H,16,17). The number of halogens is 3. The number of carbonyl (C=O) groups excluding carboxylic acids is 1. The Morgan fingerprint density at radius 3 is 2.44 bits per heavy atom. The van der Waals surface area contributed by atoms with E-state index in [1.165, 1.54) is 0 Å². The van der Waals surface area contributed by atoms with Crippen LogP contribution >= 0.6 is 0 Å². The van der Waals surface area contributed by atoms with Gasteiger partial charge in [0.05, 0.1) is 0 Å². The molecule has 0 aliphatic heterocycles. The molecule has 0 aromatic carbocycles. The largest absolute Gasteiger partial charge is 0.471 e. The van der Waals surface area contributed by atoms with E-state index in [0.717, 1.165) is 0 Å². The summed E-state index contributed by atoms with van der Waals surface area (Å²) in [5, 5.41) is 11.5. The zero-order valence-corrected chi connectivity index (χ0v) is 9.06. The van der Waals surface area contributed by atoms with Crippen LogP contribution in [0.4, 0.5) is 18.0 Å². The van der Waals surface area contributed by atoms with Crippen LogP contribution in [-0.4, -0.2) is 38.7 Å². The fourth-order valence-electron chi connectivity index (χ4n) is 1.05. The molecule has 1 N–H and O–H groups in total. The second-order valence-electron chi connectivity index (χ2n) is 3.16. The van der Waals surface area contributed by atoms with E-state index in [9.17, 15) is 22.8 Å². The van der Waals surface area contributed by atoms with Crippen molar-refractivity contribution in [2.75, 3.05) is 6.54 Å². The topological polar surface area (TPSA) is 96.5 Å². The fourth-order valence-corrected chi connectivity index (χ4v) is 1.05. The lowest BCUT2D eigenvalue weighted by atomic mass is 10.4. The van der Waals surface area contributed by atoms with Gasteiger partial charge >= 0.3 is 24.1 Å². The van der Waals surface area contributed by atoms with Gasteiger partial charge < -0.3 is 9.63 Å². The first-order valence-electron chi connectivity index (χ1n) is 4.73. The summed E-state index contributed by atoms with van der Waals surface area (Å²) in [7, 11) is 0. The van der Waals surface area contributed by atoms with Crippen LogP contribution in [0.2, 0.25) is 0 Å². The van der Waals surface area contributed by atoms with Crippen LogP contribution in [0.25, 0.3) is 0 Å². The molecule has 2 amide bonds. The number of carboxylic acid groups (broad SMARTS) is 1. The average Bonchev–Trinajstić information content (AvgIpc) is 2.73. The molecule has 10 heteroatoms. The minimum Gasteiger partial charge on any atom is -0.465 e. The number of amides is 2. The van der Waals surface area contributed by atoms with Gasteiger partial charge in [0.25, 0.3) is 5.82 Å². The third-order valence-electron chi connectivity index (χ3n) is 1.78. The number of hydrogen-bond acceptors (Lipinski definition) is 5. The highest BCUT2D eigenvalue weighted by molar-refractivity contribution is 5.99. The van der Waals surface area contributed by atoms with Crippen molar-refractivity contribution >= 4 is 12.0 Å². The molecule has 100 valence electrons. The quantitative estimate of drug-likeness (QED) is 0.893. The molecule has 0 saturated carbocycles. The Balaban J connectivity index is 2.96. The molecule has 0 bridgehead atoms. The van der Waals surface area contributed by atoms with Crippen LogP contribution < -0.4 is 0 Å². The molecule has 1 aromatic rings. The Labute approximate surface area is 98.2 Å². The van der Waals surface area contributed by atoms with Crippen molar-refractivity contribution in [1.82, 2.24) is 15.0 Å². The van der Waals surface area contributed by atoms with Crippen LogP contribution in [0, 0.1) is 0 Å². The Hall–Kier alpha value is -2.13. The van der Waals surface area contributed by atoms with Gasteiger partial charge in [-0.1, -0.05) is 12.1 Å². The molecule has 0 aliphatic carbocycles. The highest BCUT2D eigenvalue weighted by Gasteiger charge is 2.40. The molecule has 1 heterocycles. The van der Waals surface area contributed by atoms with Crippen molar-refractivity contribution in [1.29, 1.82) is 0 Å². The fraction of sp³-hybridized carbons (Fsp3) is 0.500. The zero-order chi connectivity index (χ0) is 13.9. The number of imide groups is 1. The number of nitrogens with zero attached hydrogens (tertiary/aromatic N) is 3. The van der Waals surface area contributed by atoms with Gasteiger partial charge in [0.1, 0.15) is 0 Å². The van der Waals surface area contributed by atoms with Gasteiger partial charge in [-0.2, -0.15) is 18.2 Å². The Morgan fingerprint density at radius 1 is 1.44 bits per heavy atom. The summed E-state index contributed by atoms with van der Waals surface area (Å²) >= 11 is 0. The molecule has 0 unspecified atom stereocenters. The van der Waals surface area contributed by atoms with Crippen molar-refractivity contribution < 1.29 is 32.4 Å². The molecule has 0 fully saturated rings. The van der Waals surface area contributed by atoms with Crippen molar-refractivity contribution in [2.24, 2.45) is 0 Å². The highest BCUT2D eigenvalue weighted by atomic mass is 19.4. The lowest BCUT2D eigenvalue weighted by Gasteiger charge is -2.13. The number of hydrogen-bond donors (Lipinski definition) is 1. The summed E-state index contributed by atoms with van der Waals surface area (Å²) in [5.41, 5.74) is 0. The second kappa shape index (κ2) is 5.02. The molecule has 0 spiro atoms. The van der Waals surface area contributed by atoms with Gasteiger partial charge in [0.15, 0.2) is 0 Å². The number of carbonyl (C=O) groups is 2. The van der Waals surface area contributed by atoms with Crippen LogP contribution in [0.5, 0.6) is 0 Å². The van der Waals surface area contributed by atoms with Gasteiger partial charge in [-0.15, -0.1) is 0 Å². The van der Waals surface area contributed by atoms with E-state index in [4.69, 9.17) is 5.11 Å². The summed E-state index contributed by atoms with van der Waals surface area (Å²) in [6.07, 6.45) is -6.17. The highest BCUT2D eigenvalue weighted by Crippen LogP contribution is 2.27. The first-order chi connectivity index (χ1) is 8.27. The molecule has 1 rings (SSSR count). The summed E-state index contributed by atoms with van der Waals surface area (Å²) in [6, 6.07) is 0. The molecule has 0 atom stereocenters. The Morgan fingerprint density at radius 2 is 2.06 bits per heavy atom. The molecule has 0 radical (unpaired) electrons. The molecule has 18 heavy (non-hydrogen) atoms. The third-order valence-corrected chi connectivity index (χ3v) is 1.78. The predicted octanol–water partition coefficient (Wildman–Crippen LogP) is 1.62. The van der Waals surface area contributed by atoms with E-state index in [1.807, 2.05) is 0 Å². The molecule has 0 saturated heterocycles. The molecule has 7 nitrogen and oxygen atoms in total. The van der Waals surface area contributed by atoms with Gasteiger partial charge in [-0.05, 0) is 6.42 Å². The number of alkyl halides is 3. The van der Waals surface area contributed by atoms with Crippen molar-refractivity contribution in [2.45, 2.75) is 19.5 Å². The minimum atomic E-state index is -4.88. The number of aromatic nitrogens is 2. The van der Waals surface area contributed by atoms with E-state index < -0.39 is 29.9 Å². The Kier molecular flexibility index (Phi) is 3.89. The van der Waals surface area contributed by atoms with E-state index in [2.05, 4.69) is 14.7 Å².